The fourth-order valence-electron chi connectivity index (χ4n) is 1.24. The minimum Gasteiger partial charge on any atom is -0.421 e. The van der Waals surface area contributed by atoms with Crippen LogP contribution in [0.4, 0.5) is 5.69 Å². The molecule has 2 aromatic rings. The van der Waals surface area contributed by atoms with Gasteiger partial charge in [0.1, 0.15) is 5.58 Å². The van der Waals surface area contributed by atoms with Gasteiger partial charge in [-0.05, 0) is 12.1 Å². The van der Waals surface area contributed by atoms with Crippen molar-refractivity contribution in [3.63, 3.8) is 0 Å². The van der Waals surface area contributed by atoms with Gasteiger partial charge in [-0.2, -0.15) is 0 Å². The quantitative estimate of drug-likeness (QED) is 0.456. The summed E-state index contributed by atoms with van der Waals surface area (Å²) in [5.41, 5.74) is 1.24. The number of nitro groups is 1. The Morgan fingerprint density at radius 2 is 2.07 bits per heavy atom. The van der Waals surface area contributed by atoms with Crippen molar-refractivity contribution in [3.05, 3.63) is 50.9 Å². The third kappa shape index (κ3) is 1.78. The lowest BCUT2D eigenvalue weighted by molar-refractivity contribution is -0.445. The second kappa shape index (κ2) is 3.41. The summed E-state index contributed by atoms with van der Waals surface area (Å²) in [5, 5.41) is 9.99. The number of rotatable bonds is 2. The summed E-state index contributed by atoms with van der Waals surface area (Å²) in [6.07, 6.45) is 0. The molecule has 0 unspecified atom stereocenters. The van der Waals surface area contributed by atoms with E-state index in [0.717, 1.165) is 0 Å². The van der Waals surface area contributed by atoms with Crippen molar-refractivity contribution in [2.24, 2.45) is 0 Å². The summed E-state index contributed by atoms with van der Waals surface area (Å²) in [7, 11) is 0. The largest absolute Gasteiger partial charge is 0.421 e. The molecule has 0 aliphatic rings. The maximum absolute atomic E-state index is 11.2. The Balaban J connectivity index is 2.62. The highest BCUT2D eigenvalue weighted by Gasteiger charge is 2.08. The number of fused-ring (bicyclic) bond motifs is 1. The molecule has 15 heavy (non-hydrogen) atoms. The highest BCUT2D eigenvalue weighted by molar-refractivity contribution is 5.79. The first-order valence-corrected chi connectivity index (χ1v) is 4.11. The molecule has 6 heteroatoms. The van der Waals surface area contributed by atoms with Gasteiger partial charge >= 0.3 is 5.63 Å². The van der Waals surface area contributed by atoms with Gasteiger partial charge in [0.05, 0.1) is 0 Å². The molecule has 0 radical (unpaired) electrons. The van der Waals surface area contributed by atoms with E-state index in [-0.39, 0.29) is 5.69 Å². The number of anilines is 1. The van der Waals surface area contributed by atoms with Crippen molar-refractivity contribution >= 4 is 16.7 Å². The summed E-state index contributed by atoms with van der Waals surface area (Å²) in [6.45, 7) is 0. The van der Waals surface area contributed by atoms with Gasteiger partial charge in [0.2, 0.25) is 0 Å². The molecule has 0 fully saturated rings. The molecule has 0 amide bonds. The Morgan fingerprint density at radius 1 is 1.33 bits per heavy atom. The van der Waals surface area contributed by atoms with Crippen molar-refractivity contribution in [1.82, 2.24) is 0 Å². The van der Waals surface area contributed by atoms with Crippen LogP contribution < -0.4 is 11.1 Å². The zero-order chi connectivity index (χ0) is 10.8. The molecular weight excluding hydrogens is 200 g/mol. The van der Waals surface area contributed by atoms with E-state index < -0.39 is 10.7 Å². The van der Waals surface area contributed by atoms with Crippen LogP contribution in [0.2, 0.25) is 0 Å². The van der Waals surface area contributed by atoms with E-state index in [1.54, 1.807) is 29.7 Å². The standard InChI is InChI=1S/C9H6N2O4/c12-9-7(10-11(13)14)5-6-3-1-2-4-8(6)15-9/h1-5,10H. The highest BCUT2D eigenvalue weighted by atomic mass is 16.7. The van der Waals surface area contributed by atoms with Gasteiger partial charge in [0.15, 0.2) is 10.7 Å². The molecule has 2 rings (SSSR count). The van der Waals surface area contributed by atoms with Gasteiger partial charge in [0.25, 0.3) is 0 Å². The molecule has 0 aliphatic carbocycles. The average molecular weight is 206 g/mol. The van der Waals surface area contributed by atoms with E-state index in [4.69, 9.17) is 4.42 Å². The smallest absolute Gasteiger partial charge is 0.365 e. The first kappa shape index (κ1) is 9.20. The van der Waals surface area contributed by atoms with Gasteiger partial charge in [-0.25, -0.2) is 14.9 Å². The Morgan fingerprint density at radius 3 is 2.80 bits per heavy atom. The number of para-hydroxylation sites is 1. The number of hydrazine groups is 1. The Bertz CT molecular complexity index is 576. The summed E-state index contributed by atoms with van der Waals surface area (Å²) in [4.78, 5) is 21.4. The van der Waals surface area contributed by atoms with Crippen LogP contribution in [0, 0.1) is 10.1 Å². The Kier molecular flexibility index (Phi) is 2.09. The SMILES string of the molecule is O=c1oc2ccccc2cc1N[N+](=O)[O-]. The van der Waals surface area contributed by atoms with Gasteiger partial charge in [-0.1, -0.05) is 18.2 Å². The Hall–Kier alpha value is -2.37. The van der Waals surface area contributed by atoms with E-state index in [0.29, 0.717) is 11.0 Å². The van der Waals surface area contributed by atoms with Gasteiger partial charge in [-0.15, -0.1) is 5.43 Å². The van der Waals surface area contributed by atoms with Crippen LogP contribution in [0.5, 0.6) is 0 Å². The van der Waals surface area contributed by atoms with Gasteiger partial charge in [0, 0.05) is 5.39 Å². The van der Waals surface area contributed by atoms with E-state index in [2.05, 4.69) is 0 Å². The molecule has 0 spiro atoms. The maximum atomic E-state index is 11.2. The summed E-state index contributed by atoms with van der Waals surface area (Å²) < 4.78 is 4.87. The summed E-state index contributed by atoms with van der Waals surface area (Å²) in [5.74, 6) is 0. The van der Waals surface area contributed by atoms with Crippen molar-refractivity contribution in [2.75, 3.05) is 5.43 Å². The molecule has 6 nitrogen and oxygen atoms in total. The molecule has 1 heterocycles. The number of nitrogens with one attached hydrogen (secondary N) is 1. The number of hydrogen-bond acceptors (Lipinski definition) is 4. The summed E-state index contributed by atoms with van der Waals surface area (Å²) in [6, 6.07) is 8.16. The maximum Gasteiger partial charge on any atom is 0.365 e. The summed E-state index contributed by atoms with van der Waals surface area (Å²) >= 11 is 0. The fourth-order valence-corrected chi connectivity index (χ4v) is 1.24. The first-order valence-electron chi connectivity index (χ1n) is 4.11. The van der Waals surface area contributed by atoms with Crippen LogP contribution in [-0.4, -0.2) is 5.03 Å². The lowest BCUT2D eigenvalue weighted by atomic mass is 10.2. The topological polar surface area (TPSA) is 85.4 Å². The normalized spacial score (nSPS) is 10.1. The third-order valence-corrected chi connectivity index (χ3v) is 1.85. The van der Waals surface area contributed by atoms with E-state index in [1.165, 1.54) is 6.07 Å². The first-order chi connectivity index (χ1) is 7.16. The monoisotopic (exact) mass is 206 g/mol. The zero-order valence-corrected chi connectivity index (χ0v) is 7.47. The number of nitrogens with zero attached hydrogens (tertiary/aromatic N) is 1. The molecule has 1 aromatic heterocycles. The van der Waals surface area contributed by atoms with Crippen LogP contribution in [0.1, 0.15) is 0 Å². The molecule has 0 saturated carbocycles. The van der Waals surface area contributed by atoms with Crippen molar-refractivity contribution < 1.29 is 9.45 Å². The van der Waals surface area contributed by atoms with Gasteiger partial charge < -0.3 is 4.42 Å². The second-order valence-corrected chi connectivity index (χ2v) is 2.85. The second-order valence-electron chi connectivity index (χ2n) is 2.85. The number of benzene rings is 1. The predicted molar refractivity (Wildman–Crippen MR) is 53.1 cm³/mol. The molecule has 1 N–H and O–H groups in total. The molecule has 0 atom stereocenters. The molecule has 0 aliphatic heterocycles. The van der Waals surface area contributed by atoms with Crippen molar-refractivity contribution in [3.8, 4) is 0 Å². The van der Waals surface area contributed by atoms with Crippen LogP contribution in [0.15, 0.2) is 39.5 Å². The van der Waals surface area contributed by atoms with E-state index in [9.17, 15) is 14.9 Å². The fraction of sp³-hybridized carbons (Fsp3) is 0. The molecule has 1 aromatic carbocycles. The minimum absolute atomic E-state index is 0.182. The predicted octanol–water partition coefficient (Wildman–Crippen LogP) is 1.40. The third-order valence-electron chi connectivity index (χ3n) is 1.85. The highest BCUT2D eigenvalue weighted by Crippen LogP contribution is 2.14. The van der Waals surface area contributed by atoms with E-state index >= 15 is 0 Å². The average Bonchev–Trinajstić information content (AvgIpc) is 2.18. The van der Waals surface area contributed by atoms with E-state index in [1.807, 2.05) is 0 Å². The molecule has 0 bridgehead atoms. The number of hydrogen-bond donors (Lipinski definition) is 1. The lowest BCUT2D eigenvalue weighted by Gasteiger charge is -1.98. The van der Waals surface area contributed by atoms with Crippen LogP contribution in [-0.2, 0) is 0 Å². The minimum atomic E-state index is -0.805. The van der Waals surface area contributed by atoms with Crippen LogP contribution in [0.3, 0.4) is 0 Å². The molecule has 76 valence electrons. The Labute approximate surface area is 83.3 Å². The van der Waals surface area contributed by atoms with Crippen molar-refractivity contribution in [1.29, 1.82) is 0 Å². The van der Waals surface area contributed by atoms with Crippen LogP contribution in [0.25, 0.3) is 11.0 Å². The van der Waals surface area contributed by atoms with Crippen LogP contribution >= 0.6 is 0 Å². The van der Waals surface area contributed by atoms with Gasteiger partial charge in [-0.3, -0.25) is 0 Å². The van der Waals surface area contributed by atoms with Crippen molar-refractivity contribution in [2.45, 2.75) is 0 Å². The zero-order valence-electron chi connectivity index (χ0n) is 7.47. The lowest BCUT2D eigenvalue weighted by Crippen LogP contribution is -2.15. The molecular formula is C9H6N2O4. The molecule has 0 saturated heterocycles.